The van der Waals surface area contributed by atoms with E-state index >= 15 is 0 Å². The minimum Gasteiger partial charge on any atom is -0.479 e. The third-order valence-electron chi connectivity index (χ3n) is 2.62. The number of nitrogens with one attached hydrogen (secondary N) is 1. The van der Waals surface area contributed by atoms with E-state index in [1.807, 2.05) is 0 Å². The van der Waals surface area contributed by atoms with Crippen molar-refractivity contribution in [1.82, 2.24) is 15.4 Å². The summed E-state index contributed by atoms with van der Waals surface area (Å²) >= 11 is 0. The fourth-order valence-corrected chi connectivity index (χ4v) is 1.76. The molecule has 100 valence electrons. The Labute approximate surface area is 108 Å². The molecule has 1 unspecified atom stereocenters. The van der Waals surface area contributed by atoms with Gasteiger partial charge in [-0.2, -0.15) is 0 Å². The SMILES string of the molecule is COc1nccc(C(NN)c2cncc(F)c2)c1F. The zero-order chi connectivity index (χ0) is 13.8. The Morgan fingerprint density at radius 3 is 2.79 bits per heavy atom. The Balaban J connectivity index is 2.48. The molecule has 1 atom stereocenters. The predicted octanol–water partition coefficient (Wildman–Crippen LogP) is 1.32. The average molecular weight is 266 g/mol. The molecule has 0 spiro atoms. The lowest BCUT2D eigenvalue weighted by molar-refractivity contribution is 0.364. The molecule has 0 aliphatic heterocycles. The first kappa shape index (κ1) is 13.3. The number of rotatable bonds is 4. The highest BCUT2D eigenvalue weighted by Crippen LogP contribution is 2.27. The summed E-state index contributed by atoms with van der Waals surface area (Å²) in [7, 11) is 1.31. The lowest BCUT2D eigenvalue weighted by Gasteiger charge is -2.17. The zero-order valence-electron chi connectivity index (χ0n) is 10.1. The van der Waals surface area contributed by atoms with Crippen molar-refractivity contribution in [3.05, 3.63) is 53.5 Å². The number of hydrogen-bond donors (Lipinski definition) is 2. The zero-order valence-corrected chi connectivity index (χ0v) is 10.1. The van der Waals surface area contributed by atoms with Crippen molar-refractivity contribution in [2.24, 2.45) is 5.84 Å². The third-order valence-corrected chi connectivity index (χ3v) is 2.62. The molecule has 0 bridgehead atoms. The summed E-state index contributed by atoms with van der Waals surface area (Å²) < 4.78 is 32.1. The molecule has 2 rings (SSSR count). The summed E-state index contributed by atoms with van der Waals surface area (Å²) in [5.74, 6) is 4.08. The molecule has 0 aromatic carbocycles. The standard InChI is InChI=1S/C12H12F2N4O/c1-19-12-10(14)9(2-3-17-12)11(18-15)7-4-8(13)6-16-5-7/h2-6,11,18H,15H2,1H3. The van der Waals surface area contributed by atoms with Crippen molar-refractivity contribution in [2.75, 3.05) is 7.11 Å². The van der Waals surface area contributed by atoms with Crippen LogP contribution >= 0.6 is 0 Å². The van der Waals surface area contributed by atoms with Gasteiger partial charge in [0.15, 0.2) is 5.82 Å². The summed E-state index contributed by atoms with van der Waals surface area (Å²) in [6, 6.07) is 1.91. The molecule has 0 saturated heterocycles. The van der Waals surface area contributed by atoms with Gasteiger partial charge in [0, 0.05) is 18.0 Å². The summed E-state index contributed by atoms with van der Waals surface area (Å²) in [6.45, 7) is 0. The first-order chi connectivity index (χ1) is 9.17. The van der Waals surface area contributed by atoms with E-state index in [4.69, 9.17) is 10.6 Å². The molecule has 0 aliphatic carbocycles. The van der Waals surface area contributed by atoms with Crippen LogP contribution in [0.1, 0.15) is 17.2 Å². The molecule has 3 N–H and O–H groups in total. The van der Waals surface area contributed by atoms with Gasteiger partial charge in [0.05, 0.1) is 19.3 Å². The first-order valence-electron chi connectivity index (χ1n) is 5.42. The number of hydrazine groups is 1. The van der Waals surface area contributed by atoms with E-state index in [1.165, 1.54) is 31.6 Å². The Morgan fingerprint density at radius 1 is 1.37 bits per heavy atom. The monoisotopic (exact) mass is 266 g/mol. The van der Waals surface area contributed by atoms with Crippen LogP contribution in [0.2, 0.25) is 0 Å². The van der Waals surface area contributed by atoms with Crippen LogP contribution < -0.4 is 16.0 Å². The number of methoxy groups -OCH3 is 1. The van der Waals surface area contributed by atoms with Crippen LogP contribution in [0, 0.1) is 11.6 Å². The Morgan fingerprint density at radius 2 is 2.16 bits per heavy atom. The fraction of sp³-hybridized carbons (Fsp3) is 0.167. The van der Waals surface area contributed by atoms with Crippen LogP contribution in [0.15, 0.2) is 30.7 Å². The van der Waals surface area contributed by atoms with Gasteiger partial charge in [0.1, 0.15) is 5.82 Å². The van der Waals surface area contributed by atoms with Crippen LogP contribution in [0.3, 0.4) is 0 Å². The van der Waals surface area contributed by atoms with E-state index in [0.29, 0.717) is 5.56 Å². The molecule has 2 heterocycles. The molecule has 0 saturated carbocycles. The van der Waals surface area contributed by atoms with Gasteiger partial charge < -0.3 is 4.74 Å². The normalized spacial score (nSPS) is 12.2. The summed E-state index contributed by atoms with van der Waals surface area (Å²) in [5, 5.41) is 0. The molecular formula is C12H12F2N4O. The van der Waals surface area contributed by atoms with Gasteiger partial charge in [-0.25, -0.2) is 19.2 Å². The molecule has 7 heteroatoms. The van der Waals surface area contributed by atoms with E-state index < -0.39 is 17.7 Å². The third kappa shape index (κ3) is 2.67. The number of nitrogens with zero attached hydrogens (tertiary/aromatic N) is 2. The highest BCUT2D eigenvalue weighted by atomic mass is 19.1. The van der Waals surface area contributed by atoms with Gasteiger partial charge in [0.2, 0.25) is 5.88 Å². The van der Waals surface area contributed by atoms with E-state index in [-0.39, 0.29) is 11.4 Å². The lowest BCUT2D eigenvalue weighted by atomic mass is 10.0. The number of nitrogens with two attached hydrogens (primary N) is 1. The molecule has 0 radical (unpaired) electrons. The average Bonchev–Trinajstić information content (AvgIpc) is 2.41. The topological polar surface area (TPSA) is 73.1 Å². The van der Waals surface area contributed by atoms with Crippen LogP contribution in [-0.4, -0.2) is 17.1 Å². The second kappa shape index (κ2) is 5.68. The lowest BCUT2D eigenvalue weighted by Crippen LogP contribution is -2.30. The Kier molecular flexibility index (Phi) is 3.98. The number of halogens is 2. The predicted molar refractivity (Wildman–Crippen MR) is 64.1 cm³/mol. The molecular weight excluding hydrogens is 254 g/mol. The van der Waals surface area contributed by atoms with Crippen LogP contribution in [-0.2, 0) is 0 Å². The Bertz CT molecular complexity index is 579. The smallest absolute Gasteiger partial charge is 0.250 e. The van der Waals surface area contributed by atoms with Gasteiger partial charge in [-0.1, -0.05) is 0 Å². The maximum absolute atomic E-state index is 14.1. The van der Waals surface area contributed by atoms with E-state index in [9.17, 15) is 8.78 Å². The van der Waals surface area contributed by atoms with E-state index in [0.717, 1.165) is 6.20 Å². The second-order valence-electron chi connectivity index (χ2n) is 3.76. The summed E-state index contributed by atoms with van der Waals surface area (Å²) in [6.07, 6.45) is 3.84. The summed E-state index contributed by atoms with van der Waals surface area (Å²) in [4.78, 5) is 7.44. The van der Waals surface area contributed by atoms with Crippen LogP contribution in [0.25, 0.3) is 0 Å². The van der Waals surface area contributed by atoms with Crippen molar-refractivity contribution in [3.8, 4) is 5.88 Å². The fourth-order valence-electron chi connectivity index (χ4n) is 1.76. The minimum absolute atomic E-state index is 0.151. The first-order valence-corrected chi connectivity index (χ1v) is 5.42. The van der Waals surface area contributed by atoms with Crippen molar-refractivity contribution >= 4 is 0 Å². The molecule has 0 fully saturated rings. The minimum atomic E-state index is -0.750. The largest absolute Gasteiger partial charge is 0.479 e. The van der Waals surface area contributed by atoms with Gasteiger partial charge in [-0.3, -0.25) is 10.8 Å². The molecule has 19 heavy (non-hydrogen) atoms. The number of ether oxygens (including phenoxy) is 1. The van der Waals surface area contributed by atoms with Crippen molar-refractivity contribution in [1.29, 1.82) is 0 Å². The van der Waals surface area contributed by atoms with E-state index in [1.54, 1.807) is 0 Å². The maximum atomic E-state index is 14.1. The van der Waals surface area contributed by atoms with Crippen molar-refractivity contribution < 1.29 is 13.5 Å². The maximum Gasteiger partial charge on any atom is 0.250 e. The summed E-state index contributed by atoms with van der Waals surface area (Å²) in [5.41, 5.74) is 3.02. The number of pyridine rings is 2. The Hall–Kier alpha value is -2.12. The van der Waals surface area contributed by atoms with E-state index in [2.05, 4.69) is 15.4 Å². The van der Waals surface area contributed by atoms with Gasteiger partial charge >= 0.3 is 0 Å². The quantitative estimate of drug-likeness (QED) is 0.645. The van der Waals surface area contributed by atoms with Gasteiger partial charge in [-0.15, -0.1) is 0 Å². The molecule has 2 aromatic rings. The van der Waals surface area contributed by atoms with Crippen LogP contribution in [0.5, 0.6) is 5.88 Å². The second-order valence-corrected chi connectivity index (χ2v) is 3.76. The van der Waals surface area contributed by atoms with Crippen molar-refractivity contribution in [2.45, 2.75) is 6.04 Å². The number of aromatic nitrogens is 2. The van der Waals surface area contributed by atoms with Gasteiger partial charge in [0.25, 0.3) is 0 Å². The highest BCUT2D eigenvalue weighted by molar-refractivity contribution is 5.33. The molecule has 2 aromatic heterocycles. The number of hydrogen-bond acceptors (Lipinski definition) is 5. The van der Waals surface area contributed by atoms with Gasteiger partial charge in [-0.05, 0) is 17.7 Å². The van der Waals surface area contributed by atoms with Crippen molar-refractivity contribution in [3.63, 3.8) is 0 Å². The molecule has 5 nitrogen and oxygen atoms in total. The molecule has 0 amide bonds. The van der Waals surface area contributed by atoms with Crippen LogP contribution in [0.4, 0.5) is 8.78 Å². The highest BCUT2D eigenvalue weighted by Gasteiger charge is 2.20. The molecule has 0 aliphatic rings.